The Bertz CT molecular complexity index is 580. The Morgan fingerprint density at radius 1 is 1.26 bits per heavy atom. The molecule has 0 unspecified atom stereocenters. The van der Waals surface area contributed by atoms with Crippen LogP contribution in [0.3, 0.4) is 0 Å². The molecule has 0 aliphatic carbocycles. The lowest BCUT2D eigenvalue weighted by Crippen LogP contribution is -2.49. The third-order valence-electron chi connectivity index (χ3n) is 4.19. The lowest BCUT2D eigenvalue weighted by atomic mass is 9.97. The standard InChI is InChI=1S/C17H22BrNO4/c1-11-5-4-6-12(2)19(11)16(20)10-23-15-8-7-13(9-14(15)18)17(21)22-3/h7-9,11-12H,4-6,10H2,1-3H3/t11-,12-/m0/s1. The summed E-state index contributed by atoms with van der Waals surface area (Å²) in [7, 11) is 1.33. The van der Waals surface area contributed by atoms with Crippen molar-refractivity contribution in [3.63, 3.8) is 0 Å². The first kappa shape index (κ1) is 17.8. The van der Waals surface area contributed by atoms with Crippen LogP contribution in [0.2, 0.25) is 0 Å². The van der Waals surface area contributed by atoms with E-state index in [1.165, 1.54) is 7.11 Å². The van der Waals surface area contributed by atoms with Gasteiger partial charge in [-0.05, 0) is 67.2 Å². The molecule has 0 N–H and O–H groups in total. The summed E-state index contributed by atoms with van der Waals surface area (Å²) >= 11 is 3.36. The number of hydrogen-bond donors (Lipinski definition) is 0. The van der Waals surface area contributed by atoms with Crippen molar-refractivity contribution in [1.29, 1.82) is 0 Å². The zero-order chi connectivity index (χ0) is 17.0. The Hall–Kier alpha value is -1.56. The van der Waals surface area contributed by atoms with Crippen molar-refractivity contribution in [2.24, 2.45) is 0 Å². The molecule has 2 atom stereocenters. The van der Waals surface area contributed by atoms with Crippen molar-refractivity contribution >= 4 is 27.8 Å². The Balaban J connectivity index is 2.00. The van der Waals surface area contributed by atoms with E-state index in [0.717, 1.165) is 19.3 Å². The Kier molecular flexibility index (Phi) is 6.04. The first-order chi connectivity index (χ1) is 10.9. The summed E-state index contributed by atoms with van der Waals surface area (Å²) in [5.41, 5.74) is 0.427. The number of esters is 1. The van der Waals surface area contributed by atoms with Gasteiger partial charge in [-0.25, -0.2) is 4.79 Å². The molecule has 1 heterocycles. The summed E-state index contributed by atoms with van der Waals surface area (Å²) in [6.45, 7) is 4.15. The highest BCUT2D eigenvalue weighted by atomic mass is 79.9. The molecule has 126 valence electrons. The van der Waals surface area contributed by atoms with E-state index in [1.54, 1.807) is 18.2 Å². The molecule has 0 bridgehead atoms. The summed E-state index contributed by atoms with van der Waals surface area (Å²) < 4.78 is 10.9. The minimum atomic E-state index is -0.413. The average molecular weight is 384 g/mol. The second-order valence-electron chi connectivity index (χ2n) is 5.86. The molecule has 1 saturated heterocycles. The molecule has 23 heavy (non-hydrogen) atoms. The quantitative estimate of drug-likeness (QED) is 0.747. The first-order valence-electron chi connectivity index (χ1n) is 7.76. The molecule has 0 spiro atoms. The maximum absolute atomic E-state index is 12.4. The third-order valence-corrected chi connectivity index (χ3v) is 4.81. The van der Waals surface area contributed by atoms with Crippen LogP contribution in [0, 0.1) is 0 Å². The van der Waals surface area contributed by atoms with Gasteiger partial charge in [0, 0.05) is 12.1 Å². The average Bonchev–Trinajstić information content (AvgIpc) is 2.52. The van der Waals surface area contributed by atoms with Gasteiger partial charge in [-0.15, -0.1) is 0 Å². The minimum Gasteiger partial charge on any atom is -0.483 e. The van der Waals surface area contributed by atoms with Crippen LogP contribution in [-0.2, 0) is 9.53 Å². The van der Waals surface area contributed by atoms with E-state index in [9.17, 15) is 9.59 Å². The largest absolute Gasteiger partial charge is 0.483 e. The van der Waals surface area contributed by atoms with Crippen LogP contribution in [-0.4, -0.2) is 42.6 Å². The molecule has 1 aromatic carbocycles. The van der Waals surface area contributed by atoms with Crippen molar-refractivity contribution < 1.29 is 19.1 Å². The highest BCUT2D eigenvalue weighted by molar-refractivity contribution is 9.10. The lowest BCUT2D eigenvalue weighted by Gasteiger charge is -2.39. The number of halogens is 1. The van der Waals surface area contributed by atoms with Crippen molar-refractivity contribution in [2.45, 2.75) is 45.2 Å². The number of ether oxygens (including phenoxy) is 2. The lowest BCUT2D eigenvalue weighted by molar-refractivity contribution is -0.139. The van der Waals surface area contributed by atoms with Crippen molar-refractivity contribution in [2.75, 3.05) is 13.7 Å². The van der Waals surface area contributed by atoms with E-state index < -0.39 is 5.97 Å². The molecular formula is C17H22BrNO4. The molecule has 1 aliphatic heterocycles. The number of rotatable bonds is 4. The normalized spacial score (nSPS) is 21.0. The van der Waals surface area contributed by atoms with E-state index in [-0.39, 0.29) is 24.6 Å². The molecule has 6 heteroatoms. The van der Waals surface area contributed by atoms with E-state index in [2.05, 4.69) is 34.5 Å². The second-order valence-corrected chi connectivity index (χ2v) is 6.71. The summed E-state index contributed by atoms with van der Waals surface area (Å²) in [4.78, 5) is 25.8. The molecule has 0 radical (unpaired) electrons. The predicted octanol–water partition coefficient (Wildman–Crippen LogP) is 3.40. The van der Waals surface area contributed by atoms with Gasteiger partial charge in [0.25, 0.3) is 5.91 Å². The van der Waals surface area contributed by atoms with Gasteiger partial charge >= 0.3 is 5.97 Å². The van der Waals surface area contributed by atoms with Crippen LogP contribution in [0.1, 0.15) is 43.5 Å². The summed E-state index contributed by atoms with van der Waals surface area (Å²) in [6, 6.07) is 5.40. The molecule has 1 aromatic rings. The fourth-order valence-corrected chi connectivity index (χ4v) is 3.48. The SMILES string of the molecule is COC(=O)c1ccc(OCC(=O)N2[C@@H](C)CCC[C@@H]2C)c(Br)c1. The molecule has 0 aromatic heterocycles. The number of nitrogens with zero attached hydrogens (tertiary/aromatic N) is 1. The molecule has 2 rings (SSSR count). The Morgan fingerprint density at radius 3 is 2.48 bits per heavy atom. The number of hydrogen-bond acceptors (Lipinski definition) is 4. The van der Waals surface area contributed by atoms with Crippen molar-refractivity contribution in [1.82, 2.24) is 4.90 Å². The number of benzene rings is 1. The van der Waals surface area contributed by atoms with Crippen LogP contribution >= 0.6 is 15.9 Å². The Morgan fingerprint density at radius 2 is 1.91 bits per heavy atom. The van der Waals surface area contributed by atoms with Gasteiger partial charge < -0.3 is 14.4 Å². The van der Waals surface area contributed by atoms with Gasteiger partial charge in [0.15, 0.2) is 6.61 Å². The number of methoxy groups -OCH3 is 1. The van der Waals surface area contributed by atoms with Crippen LogP contribution in [0.15, 0.2) is 22.7 Å². The maximum atomic E-state index is 12.4. The van der Waals surface area contributed by atoms with E-state index >= 15 is 0 Å². The number of carbonyl (C=O) groups is 2. The zero-order valence-corrected chi connectivity index (χ0v) is 15.3. The van der Waals surface area contributed by atoms with E-state index in [1.807, 2.05) is 4.90 Å². The third kappa shape index (κ3) is 4.25. The zero-order valence-electron chi connectivity index (χ0n) is 13.7. The van der Waals surface area contributed by atoms with E-state index in [4.69, 9.17) is 4.74 Å². The predicted molar refractivity (Wildman–Crippen MR) is 90.6 cm³/mol. The summed E-state index contributed by atoms with van der Waals surface area (Å²) in [6.07, 6.45) is 3.23. The smallest absolute Gasteiger partial charge is 0.337 e. The molecule has 1 fully saturated rings. The van der Waals surface area contributed by atoms with Crippen LogP contribution in [0.25, 0.3) is 0 Å². The van der Waals surface area contributed by atoms with Gasteiger partial charge in [0.05, 0.1) is 17.1 Å². The number of piperidine rings is 1. The molecular weight excluding hydrogens is 362 g/mol. The van der Waals surface area contributed by atoms with Crippen LogP contribution in [0.4, 0.5) is 0 Å². The van der Waals surface area contributed by atoms with E-state index in [0.29, 0.717) is 15.8 Å². The molecule has 0 saturated carbocycles. The summed E-state index contributed by atoms with van der Waals surface area (Å²) in [5, 5.41) is 0. The maximum Gasteiger partial charge on any atom is 0.337 e. The number of amides is 1. The van der Waals surface area contributed by atoms with Gasteiger partial charge in [-0.1, -0.05) is 0 Å². The topological polar surface area (TPSA) is 55.8 Å². The Labute approximate surface area is 145 Å². The van der Waals surface area contributed by atoms with Gasteiger partial charge in [0.2, 0.25) is 0 Å². The molecule has 5 nitrogen and oxygen atoms in total. The van der Waals surface area contributed by atoms with Gasteiger partial charge in [-0.2, -0.15) is 0 Å². The molecule has 1 aliphatic rings. The highest BCUT2D eigenvalue weighted by Gasteiger charge is 2.29. The minimum absolute atomic E-state index is 0.00588. The monoisotopic (exact) mass is 383 g/mol. The first-order valence-corrected chi connectivity index (χ1v) is 8.55. The van der Waals surface area contributed by atoms with Crippen molar-refractivity contribution in [3.8, 4) is 5.75 Å². The number of likely N-dealkylation sites (tertiary alicyclic amines) is 1. The summed E-state index contributed by atoms with van der Waals surface area (Å²) in [5.74, 6) is 0.112. The number of carbonyl (C=O) groups excluding carboxylic acids is 2. The van der Waals surface area contributed by atoms with Gasteiger partial charge in [0.1, 0.15) is 5.75 Å². The fourth-order valence-electron chi connectivity index (χ4n) is 2.99. The molecule has 1 amide bonds. The fraction of sp³-hybridized carbons (Fsp3) is 0.529. The highest BCUT2D eigenvalue weighted by Crippen LogP contribution is 2.27. The van der Waals surface area contributed by atoms with Crippen LogP contribution < -0.4 is 4.74 Å². The van der Waals surface area contributed by atoms with Crippen LogP contribution in [0.5, 0.6) is 5.75 Å². The van der Waals surface area contributed by atoms with Gasteiger partial charge in [-0.3, -0.25) is 4.79 Å². The second kappa shape index (κ2) is 7.81. The van der Waals surface area contributed by atoms with Crippen molar-refractivity contribution in [3.05, 3.63) is 28.2 Å².